The van der Waals surface area contributed by atoms with Crippen LogP contribution in [0.5, 0.6) is 0 Å². The van der Waals surface area contributed by atoms with Crippen molar-refractivity contribution in [3.63, 3.8) is 0 Å². The van der Waals surface area contributed by atoms with Gasteiger partial charge in [0.25, 0.3) is 0 Å². The third kappa shape index (κ3) is 2.07. The van der Waals surface area contributed by atoms with Crippen molar-refractivity contribution in [1.29, 1.82) is 0 Å². The summed E-state index contributed by atoms with van der Waals surface area (Å²) < 4.78 is 17.7. The fourth-order valence-corrected chi connectivity index (χ4v) is 1.07. The predicted molar refractivity (Wildman–Crippen MR) is 51.8 cm³/mol. The topological polar surface area (TPSA) is 26.0 Å². The first kappa shape index (κ1) is 8.69. The molecule has 0 N–H and O–H groups in total. The van der Waals surface area contributed by atoms with Crippen LogP contribution < -0.4 is 0 Å². The highest BCUT2D eigenvalue weighted by Gasteiger charge is 1.92. The first-order valence-electron chi connectivity index (χ1n) is 4.19. The van der Waals surface area contributed by atoms with Crippen LogP contribution >= 0.6 is 0 Å². The summed E-state index contributed by atoms with van der Waals surface area (Å²) >= 11 is 0. The van der Waals surface area contributed by atoms with Gasteiger partial charge in [0.1, 0.15) is 5.76 Å². The van der Waals surface area contributed by atoms with Gasteiger partial charge in [-0.1, -0.05) is 6.07 Å². The Hall–Kier alpha value is -1.90. The third-order valence-electron chi connectivity index (χ3n) is 1.70. The molecule has 2 aromatic rings. The lowest BCUT2D eigenvalue weighted by Gasteiger charge is -1.91. The van der Waals surface area contributed by atoms with Crippen LogP contribution in [0.4, 0.5) is 4.39 Å². The first-order valence-corrected chi connectivity index (χ1v) is 4.19. The Kier molecular flexibility index (Phi) is 2.40. The second-order valence-electron chi connectivity index (χ2n) is 2.73. The van der Waals surface area contributed by atoms with E-state index in [4.69, 9.17) is 4.42 Å². The van der Waals surface area contributed by atoms with E-state index in [0.29, 0.717) is 5.69 Å². The molecule has 0 amide bonds. The molecule has 0 atom stereocenters. The standard InChI is InChI=1S/C11H8FNO/c12-11-5-1-3-9(13-11)6-7-10-4-2-8-14-10/h1-8H. The highest BCUT2D eigenvalue weighted by atomic mass is 19.1. The molecule has 70 valence electrons. The van der Waals surface area contributed by atoms with Crippen molar-refractivity contribution >= 4 is 12.2 Å². The lowest BCUT2D eigenvalue weighted by Crippen LogP contribution is -1.83. The summed E-state index contributed by atoms with van der Waals surface area (Å²) in [5.41, 5.74) is 0.571. The lowest BCUT2D eigenvalue weighted by molar-refractivity contribution is 0.557. The number of rotatable bonds is 2. The molecule has 2 heterocycles. The summed E-state index contributed by atoms with van der Waals surface area (Å²) in [6.07, 6.45) is 5.02. The highest BCUT2D eigenvalue weighted by molar-refractivity contribution is 5.65. The van der Waals surface area contributed by atoms with E-state index in [1.54, 1.807) is 36.6 Å². The molecule has 0 saturated heterocycles. The van der Waals surface area contributed by atoms with E-state index in [1.807, 2.05) is 6.07 Å². The molecular weight excluding hydrogens is 181 g/mol. The van der Waals surface area contributed by atoms with E-state index < -0.39 is 5.95 Å². The number of hydrogen-bond donors (Lipinski definition) is 0. The van der Waals surface area contributed by atoms with Crippen molar-refractivity contribution in [2.45, 2.75) is 0 Å². The second kappa shape index (κ2) is 3.87. The minimum atomic E-state index is -0.480. The van der Waals surface area contributed by atoms with Gasteiger partial charge in [0.2, 0.25) is 5.95 Å². The molecule has 14 heavy (non-hydrogen) atoms. The summed E-state index contributed by atoms with van der Waals surface area (Å²) in [5, 5.41) is 0. The average Bonchev–Trinajstić information content (AvgIpc) is 2.67. The Balaban J connectivity index is 2.18. The molecule has 0 aromatic carbocycles. The van der Waals surface area contributed by atoms with E-state index in [0.717, 1.165) is 5.76 Å². The molecule has 3 heteroatoms. The summed E-state index contributed by atoms with van der Waals surface area (Å²) in [6.45, 7) is 0. The molecule has 2 rings (SSSR count). The maximum Gasteiger partial charge on any atom is 0.213 e. The normalized spacial score (nSPS) is 10.9. The number of hydrogen-bond acceptors (Lipinski definition) is 2. The van der Waals surface area contributed by atoms with Gasteiger partial charge in [0.15, 0.2) is 0 Å². The van der Waals surface area contributed by atoms with E-state index in [-0.39, 0.29) is 0 Å². The van der Waals surface area contributed by atoms with Gasteiger partial charge in [-0.3, -0.25) is 0 Å². The summed E-state index contributed by atoms with van der Waals surface area (Å²) in [6, 6.07) is 8.26. The Morgan fingerprint density at radius 1 is 1.14 bits per heavy atom. The Bertz CT molecular complexity index is 434. The van der Waals surface area contributed by atoms with Crippen LogP contribution in [0.3, 0.4) is 0 Å². The van der Waals surface area contributed by atoms with Crippen LogP contribution in [-0.2, 0) is 0 Å². The molecule has 0 fully saturated rings. The van der Waals surface area contributed by atoms with Gasteiger partial charge in [-0.25, -0.2) is 4.98 Å². The smallest absolute Gasteiger partial charge is 0.213 e. The molecule has 0 spiro atoms. The largest absolute Gasteiger partial charge is 0.465 e. The van der Waals surface area contributed by atoms with Crippen LogP contribution in [0, 0.1) is 5.95 Å². The van der Waals surface area contributed by atoms with Gasteiger partial charge in [-0.15, -0.1) is 0 Å². The second-order valence-corrected chi connectivity index (χ2v) is 2.73. The molecule has 0 unspecified atom stereocenters. The zero-order chi connectivity index (χ0) is 9.80. The van der Waals surface area contributed by atoms with Gasteiger partial charge in [-0.05, 0) is 36.4 Å². The molecule has 2 nitrogen and oxygen atoms in total. The van der Waals surface area contributed by atoms with Gasteiger partial charge < -0.3 is 4.42 Å². The van der Waals surface area contributed by atoms with E-state index >= 15 is 0 Å². The van der Waals surface area contributed by atoms with Crippen molar-refractivity contribution in [2.24, 2.45) is 0 Å². The Labute approximate surface area is 80.7 Å². The Morgan fingerprint density at radius 2 is 2.07 bits per heavy atom. The van der Waals surface area contributed by atoms with E-state index in [9.17, 15) is 4.39 Å². The number of furan rings is 1. The van der Waals surface area contributed by atoms with Gasteiger partial charge in [0.05, 0.1) is 12.0 Å². The van der Waals surface area contributed by atoms with Crippen molar-refractivity contribution in [3.8, 4) is 0 Å². The third-order valence-corrected chi connectivity index (χ3v) is 1.70. The van der Waals surface area contributed by atoms with Gasteiger partial charge in [-0.2, -0.15) is 4.39 Å². The molecular formula is C11H8FNO. The Morgan fingerprint density at radius 3 is 2.79 bits per heavy atom. The van der Waals surface area contributed by atoms with Crippen molar-refractivity contribution < 1.29 is 8.81 Å². The fourth-order valence-electron chi connectivity index (χ4n) is 1.07. The zero-order valence-electron chi connectivity index (χ0n) is 7.35. The zero-order valence-corrected chi connectivity index (χ0v) is 7.35. The van der Waals surface area contributed by atoms with Crippen molar-refractivity contribution in [2.75, 3.05) is 0 Å². The summed E-state index contributed by atoms with van der Waals surface area (Å²) in [5.74, 6) is 0.239. The van der Waals surface area contributed by atoms with Crippen LogP contribution in [0.25, 0.3) is 12.2 Å². The quantitative estimate of drug-likeness (QED) is 0.679. The van der Waals surface area contributed by atoms with E-state index in [2.05, 4.69) is 4.98 Å². The molecule has 0 bridgehead atoms. The predicted octanol–water partition coefficient (Wildman–Crippen LogP) is 2.98. The van der Waals surface area contributed by atoms with E-state index in [1.165, 1.54) is 6.07 Å². The SMILES string of the molecule is Fc1cccc(C=Cc2ccco2)n1. The minimum Gasteiger partial charge on any atom is -0.465 e. The van der Waals surface area contributed by atoms with Gasteiger partial charge in [0, 0.05) is 0 Å². The minimum absolute atomic E-state index is 0.480. The van der Waals surface area contributed by atoms with Crippen LogP contribution in [0.1, 0.15) is 11.5 Å². The number of halogens is 1. The molecule has 2 aromatic heterocycles. The maximum absolute atomic E-state index is 12.7. The number of pyridine rings is 1. The van der Waals surface area contributed by atoms with Crippen LogP contribution in [0.2, 0.25) is 0 Å². The van der Waals surface area contributed by atoms with Crippen LogP contribution in [0.15, 0.2) is 41.0 Å². The highest BCUT2D eigenvalue weighted by Crippen LogP contribution is 2.06. The fraction of sp³-hybridized carbons (Fsp3) is 0. The van der Waals surface area contributed by atoms with Crippen molar-refractivity contribution in [1.82, 2.24) is 4.98 Å². The molecule has 0 radical (unpaired) electrons. The van der Waals surface area contributed by atoms with Crippen molar-refractivity contribution in [3.05, 3.63) is 54.0 Å². The van der Waals surface area contributed by atoms with Gasteiger partial charge >= 0.3 is 0 Å². The molecule has 0 saturated carbocycles. The maximum atomic E-state index is 12.7. The first-order chi connectivity index (χ1) is 6.84. The summed E-state index contributed by atoms with van der Waals surface area (Å²) in [4.78, 5) is 3.68. The summed E-state index contributed by atoms with van der Waals surface area (Å²) in [7, 11) is 0. The van der Waals surface area contributed by atoms with Crippen LogP contribution in [-0.4, -0.2) is 4.98 Å². The average molecular weight is 189 g/mol. The number of aromatic nitrogens is 1. The molecule has 0 aliphatic rings. The molecule has 0 aliphatic heterocycles. The lowest BCUT2D eigenvalue weighted by atomic mass is 10.3. The number of nitrogens with zero attached hydrogens (tertiary/aromatic N) is 1. The monoisotopic (exact) mass is 189 g/mol. The molecule has 0 aliphatic carbocycles.